The van der Waals surface area contributed by atoms with E-state index in [1.807, 2.05) is 0 Å². The largest absolute Gasteiger partial charge is 0.696 e. The summed E-state index contributed by atoms with van der Waals surface area (Å²) < 4.78 is 13.7. The van der Waals surface area contributed by atoms with Crippen molar-refractivity contribution in [3.8, 4) is 0 Å². The lowest BCUT2D eigenvalue weighted by molar-refractivity contribution is 0.212. The minimum Gasteiger partial charge on any atom is -0.302 e. The fourth-order valence-electron chi connectivity index (χ4n) is 0.142. The number of hydrogen-bond acceptors (Lipinski definition) is 3. The molecule has 0 aromatic rings. The van der Waals surface area contributed by atoms with Gasteiger partial charge in [0.25, 0.3) is 0 Å². The summed E-state index contributed by atoms with van der Waals surface area (Å²) in [4.78, 5) is 7.93. The lowest BCUT2D eigenvalue weighted by Gasteiger charge is -1.86. The highest BCUT2D eigenvalue weighted by atomic mass is 31.1. The normalized spacial score (nSPS) is 16.1. The zero-order valence-electron chi connectivity index (χ0n) is 3.87. The second-order valence-electron chi connectivity index (χ2n) is 1.05. The molecule has 0 bridgehead atoms. The molecule has 7 heavy (non-hydrogen) atoms. The first-order valence-corrected chi connectivity index (χ1v) is 2.84. The first-order valence-electron chi connectivity index (χ1n) is 1.71. The minimum atomic E-state index is -2.51. The van der Waals surface area contributed by atoms with Crippen LogP contribution in [0.4, 0.5) is 0 Å². The van der Waals surface area contributed by atoms with Gasteiger partial charge in [-0.15, -0.1) is 9.42 Å². The predicted octanol–water partition coefficient (Wildman–Crippen LogP) is -0.0426. The molecule has 0 rings (SSSR count). The first kappa shape index (κ1) is 6.98. The summed E-state index contributed by atoms with van der Waals surface area (Å²) >= 11 is 0. The van der Waals surface area contributed by atoms with Crippen molar-refractivity contribution in [2.45, 2.75) is 13.2 Å². The van der Waals surface area contributed by atoms with E-state index in [1.165, 1.54) is 6.92 Å². The molecule has 0 aromatic heterocycles. The van der Waals surface area contributed by atoms with Crippen LogP contribution in [0.15, 0.2) is 0 Å². The van der Waals surface area contributed by atoms with E-state index < -0.39 is 14.5 Å². The number of nitrogens with two attached hydrogens (primary N) is 1. The van der Waals surface area contributed by atoms with Gasteiger partial charge in [0.1, 0.15) is 0 Å². The van der Waals surface area contributed by atoms with Crippen LogP contribution in [0.25, 0.3) is 0 Å². The molecule has 0 amide bonds. The summed E-state index contributed by atoms with van der Waals surface area (Å²) in [6.07, 6.45) is -0.659. The zero-order valence-corrected chi connectivity index (χ0v) is 4.76. The Morgan fingerprint density at radius 1 is 2.00 bits per heavy atom. The van der Waals surface area contributed by atoms with Crippen molar-refractivity contribution in [1.82, 2.24) is 0 Å². The maximum atomic E-state index is 9.66. The number of hydrogen-bond donors (Lipinski definition) is 2. The van der Waals surface area contributed by atoms with Crippen LogP contribution in [-0.4, -0.2) is 11.1 Å². The Labute approximate surface area is 42.2 Å². The summed E-state index contributed by atoms with van der Waals surface area (Å²) in [7, 11) is -2.51. The molecule has 0 saturated carbocycles. The van der Waals surface area contributed by atoms with E-state index in [9.17, 15) is 4.57 Å². The average Bonchev–Trinajstić information content (AvgIpc) is 1.27. The van der Waals surface area contributed by atoms with Gasteiger partial charge < -0.3 is 5.73 Å². The standard InChI is InChI=1S/C2H6NO3P/c1-2(3)6-7(4)5/h2H,3H2,1H3/p+1. The van der Waals surface area contributed by atoms with Crippen LogP contribution < -0.4 is 5.73 Å². The van der Waals surface area contributed by atoms with Gasteiger partial charge in [-0.25, -0.2) is 0 Å². The molecule has 0 radical (unpaired) electrons. The Morgan fingerprint density at radius 3 is 2.43 bits per heavy atom. The molecule has 0 aromatic carbocycles. The van der Waals surface area contributed by atoms with Crippen molar-refractivity contribution >= 4 is 8.25 Å². The average molecular weight is 124 g/mol. The van der Waals surface area contributed by atoms with E-state index in [0.717, 1.165) is 0 Å². The summed E-state index contributed by atoms with van der Waals surface area (Å²) in [5.74, 6) is 0. The van der Waals surface area contributed by atoms with Gasteiger partial charge in [-0.05, 0) is 6.92 Å². The molecule has 42 valence electrons. The monoisotopic (exact) mass is 124 g/mol. The van der Waals surface area contributed by atoms with Gasteiger partial charge in [0.15, 0.2) is 6.23 Å². The van der Waals surface area contributed by atoms with Crippen LogP contribution >= 0.6 is 8.25 Å². The van der Waals surface area contributed by atoms with E-state index in [2.05, 4.69) is 4.52 Å². The highest BCUT2D eigenvalue weighted by Gasteiger charge is 2.13. The molecule has 2 atom stereocenters. The van der Waals surface area contributed by atoms with Crippen LogP contribution in [0.5, 0.6) is 0 Å². The van der Waals surface area contributed by atoms with E-state index >= 15 is 0 Å². The number of rotatable bonds is 2. The molecule has 0 heterocycles. The first-order chi connectivity index (χ1) is 3.13. The topological polar surface area (TPSA) is 72.5 Å². The molecule has 0 saturated heterocycles. The van der Waals surface area contributed by atoms with Gasteiger partial charge in [0.05, 0.1) is 0 Å². The summed E-state index contributed by atoms with van der Waals surface area (Å²) in [6, 6.07) is 0. The lowest BCUT2D eigenvalue weighted by atomic mass is 10.7. The highest BCUT2D eigenvalue weighted by Crippen LogP contribution is 2.14. The van der Waals surface area contributed by atoms with E-state index in [4.69, 9.17) is 10.6 Å². The molecule has 5 heteroatoms. The Hall–Kier alpha value is -0.0200. The fourth-order valence-corrected chi connectivity index (χ4v) is 0.427. The second kappa shape index (κ2) is 3.04. The molecule has 0 aliphatic carbocycles. The minimum absolute atomic E-state index is 0.659. The van der Waals surface area contributed by atoms with Gasteiger partial charge >= 0.3 is 8.25 Å². The molecule has 2 unspecified atom stereocenters. The van der Waals surface area contributed by atoms with E-state index in [0.29, 0.717) is 0 Å². The summed E-state index contributed by atoms with van der Waals surface area (Å²) in [5.41, 5.74) is 4.93. The molecular formula is C2H7NO3P+. The van der Waals surface area contributed by atoms with Crippen LogP contribution in [-0.2, 0) is 9.09 Å². The van der Waals surface area contributed by atoms with Crippen LogP contribution in [0, 0.1) is 0 Å². The third-order valence-corrected chi connectivity index (χ3v) is 0.769. The van der Waals surface area contributed by atoms with Gasteiger partial charge in [-0.2, -0.15) is 0 Å². The molecule has 0 aliphatic rings. The van der Waals surface area contributed by atoms with Gasteiger partial charge in [0.2, 0.25) is 0 Å². The van der Waals surface area contributed by atoms with Crippen molar-refractivity contribution in [2.75, 3.05) is 0 Å². The van der Waals surface area contributed by atoms with Gasteiger partial charge in [0, 0.05) is 4.57 Å². The van der Waals surface area contributed by atoms with Crippen LogP contribution in [0.3, 0.4) is 0 Å². The van der Waals surface area contributed by atoms with E-state index in [-0.39, 0.29) is 0 Å². The summed E-state index contributed by atoms with van der Waals surface area (Å²) in [6.45, 7) is 1.48. The smallest absolute Gasteiger partial charge is 0.302 e. The maximum absolute atomic E-state index is 9.66. The van der Waals surface area contributed by atoms with E-state index in [1.54, 1.807) is 0 Å². The Morgan fingerprint density at radius 2 is 2.43 bits per heavy atom. The van der Waals surface area contributed by atoms with Crippen molar-refractivity contribution in [3.05, 3.63) is 0 Å². The predicted molar refractivity (Wildman–Crippen MR) is 24.6 cm³/mol. The fraction of sp³-hybridized carbons (Fsp3) is 1.00. The van der Waals surface area contributed by atoms with Crippen molar-refractivity contribution < 1.29 is 14.0 Å². The Bertz CT molecular complexity index is 73.3. The molecule has 0 aliphatic heterocycles. The zero-order chi connectivity index (χ0) is 5.86. The van der Waals surface area contributed by atoms with Crippen LogP contribution in [0.2, 0.25) is 0 Å². The van der Waals surface area contributed by atoms with Crippen molar-refractivity contribution in [2.24, 2.45) is 5.73 Å². The third kappa shape index (κ3) is 5.98. The third-order valence-electron chi connectivity index (χ3n) is 0.256. The molecule has 3 N–H and O–H groups in total. The van der Waals surface area contributed by atoms with Crippen LogP contribution in [0.1, 0.15) is 6.92 Å². The second-order valence-corrected chi connectivity index (χ2v) is 1.73. The molecular weight excluding hydrogens is 117 g/mol. The van der Waals surface area contributed by atoms with Crippen molar-refractivity contribution in [1.29, 1.82) is 0 Å². The lowest BCUT2D eigenvalue weighted by Crippen LogP contribution is -2.14. The molecule has 0 spiro atoms. The molecule has 4 nitrogen and oxygen atoms in total. The van der Waals surface area contributed by atoms with Gasteiger partial charge in [-0.3, -0.25) is 0 Å². The Kier molecular flexibility index (Phi) is 3.04. The summed E-state index contributed by atoms with van der Waals surface area (Å²) in [5, 5.41) is 0. The SMILES string of the molecule is CC(N)O[P+](=O)O. The maximum Gasteiger partial charge on any atom is 0.696 e. The highest BCUT2D eigenvalue weighted by molar-refractivity contribution is 7.32. The van der Waals surface area contributed by atoms with Gasteiger partial charge in [-0.1, -0.05) is 0 Å². The van der Waals surface area contributed by atoms with Crippen molar-refractivity contribution in [3.63, 3.8) is 0 Å². The molecule has 0 fully saturated rings. The quantitative estimate of drug-likeness (QED) is 0.400. The Balaban J connectivity index is 3.13.